The number of hydrogen-bond donors (Lipinski definition) is 1. The van der Waals surface area contributed by atoms with Crippen molar-refractivity contribution in [1.82, 2.24) is 14.8 Å². The van der Waals surface area contributed by atoms with Crippen LogP contribution in [0.4, 0.5) is 4.39 Å². The minimum atomic E-state index is -0.416. The molecule has 1 aromatic carbocycles. The van der Waals surface area contributed by atoms with Crippen LogP contribution in [0, 0.1) is 11.7 Å². The van der Waals surface area contributed by atoms with E-state index in [1.54, 1.807) is 6.07 Å². The Balaban J connectivity index is 1.46. The average Bonchev–Trinajstić information content (AvgIpc) is 2.69. The van der Waals surface area contributed by atoms with Crippen molar-refractivity contribution in [2.24, 2.45) is 5.92 Å². The number of pyridine rings is 1. The molecule has 0 bridgehead atoms. The summed E-state index contributed by atoms with van der Waals surface area (Å²) in [6.07, 6.45) is 1.87. The van der Waals surface area contributed by atoms with Gasteiger partial charge in [0.05, 0.1) is 19.1 Å². The summed E-state index contributed by atoms with van der Waals surface area (Å²) in [6, 6.07) is 5.74. The van der Waals surface area contributed by atoms with Crippen molar-refractivity contribution in [3.63, 3.8) is 0 Å². The van der Waals surface area contributed by atoms with E-state index in [1.807, 2.05) is 4.90 Å². The number of amides is 1. The summed E-state index contributed by atoms with van der Waals surface area (Å²) < 4.78 is 18.7. The van der Waals surface area contributed by atoms with Gasteiger partial charge in [-0.1, -0.05) is 0 Å². The number of nitrogens with zero attached hydrogens (tertiary/aromatic N) is 2. The van der Waals surface area contributed by atoms with Gasteiger partial charge in [-0.3, -0.25) is 14.5 Å². The summed E-state index contributed by atoms with van der Waals surface area (Å²) in [5, 5.41) is 0.359. The number of aromatic nitrogens is 1. The number of piperidine rings is 1. The molecule has 1 aromatic heterocycles. The van der Waals surface area contributed by atoms with Crippen LogP contribution in [0.5, 0.6) is 0 Å². The molecule has 6 nitrogen and oxygen atoms in total. The predicted octanol–water partition coefficient (Wildman–Crippen LogP) is 1.74. The van der Waals surface area contributed by atoms with Gasteiger partial charge in [0.15, 0.2) is 5.43 Å². The average molecular weight is 373 g/mol. The van der Waals surface area contributed by atoms with Crippen molar-refractivity contribution < 1.29 is 13.9 Å². The summed E-state index contributed by atoms with van der Waals surface area (Å²) >= 11 is 0. The third-order valence-corrected chi connectivity index (χ3v) is 5.42. The van der Waals surface area contributed by atoms with Crippen LogP contribution in [0.3, 0.4) is 0 Å². The molecule has 1 N–H and O–H groups in total. The number of hydrogen-bond acceptors (Lipinski definition) is 4. The molecule has 2 aromatic rings. The summed E-state index contributed by atoms with van der Waals surface area (Å²) in [5.41, 5.74) is 1.24. The zero-order valence-corrected chi connectivity index (χ0v) is 15.2. The van der Waals surface area contributed by atoms with Crippen LogP contribution in [0.2, 0.25) is 0 Å². The highest BCUT2D eigenvalue weighted by Gasteiger charge is 2.30. The fourth-order valence-electron chi connectivity index (χ4n) is 4.04. The molecule has 1 atom stereocenters. The summed E-state index contributed by atoms with van der Waals surface area (Å²) in [4.78, 5) is 32.4. The largest absolute Gasteiger partial charge is 0.378 e. The van der Waals surface area contributed by atoms with Crippen LogP contribution in [0.15, 0.2) is 29.1 Å². The van der Waals surface area contributed by atoms with Crippen molar-refractivity contribution in [3.8, 4) is 0 Å². The highest BCUT2D eigenvalue weighted by molar-refractivity contribution is 5.79. The second kappa shape index (κ2) is 7.78. The Labute approximate surface area is 156 Å². The number of aromatic amines is 1. The standard InChI is InChI=1S/C20H24FN3O3/c21-15-3-4-18-17(10-15)19(25)11-16(22-18)13-23-5-1-2-14(12-23)20(26)24-6-8-27-9-7-24/h3-4,10-11,14H,1-2,5-9,12-13H2,(H,22,25)/t14-/m0/s1. The summed E-state index contributed by atoms with van der Waals surface area (Å²) in [7, 11) is 0. The van der Waals surface area contributed by atoms with Crippen LogP contribution in [0.25, 0.3) is 10.9 Å². The SMILES string of the molecule is O=C([C@H]1CCCN(Cc2cc(=O)c3cc(F)ccc3[nH]2)C1)N1CCOCC1. The molecule has 2 aliphatic heterocycles. The lowest BCUT2D eigenvalue weighted by atomic mass is 9.96. The number of carbonyl (C=O) groups excluding carboxylic acids is 1. The van der Waals surface area contributed by atoms with E-state index < -0.39 is 5.82 Å². The van der Waals surface area contributed by atoms with E-state index in [-0.39, 0.29) is 17.3 Å². The second-order valence-corrected chi connectivity index (χ2v) is 7.36. The monoisotopic (exact) mass is 373 g/mol. The van der Waals surface area contributed by atoms with Crippen molar-refractivity contribution >= 4 is 16.8 Å². The van der Waals surface area contributed by atoms with Crippen molar-refractivity contribution in [1.29, 1.82) is 0 Å². The molecule has 27 heavy (non-hydrogen) atoms. The number of rotatable bonds is 3. The van der Waals surface area contributed by atoms with Gasteiger partial charge in [0.25, 0.3) is 0 Å². The van der Waals surface area contributed by atoms with Crippen LogP contribution < -0.4 is 5.43 Å². The van der Waals surface area contributed by atoms with Crippen molar-refractivity contribution in [2.45, 2.75) is 19.4 Å². The first kappa shape index (κ1) is 18.1. The maximum absolute atomic E-state index is 13.4. The molecule has 4 rings (SSSR count). The Kier molecular flexibility index (Phi) is 5.22. The van der Waals surface area contributed by atoms with Crippen molar-refractivity contribution in [3.05, 3.63) is 46.0 Å². The first-order chi connectivity index (χ1) is 13.1. The van der Waals surface area contributed by atoms with Crippen molar-refractivity contribution in [2.75, 3.05) is 39.4 Å². The van der Waals surface area contributed by atoms with Gasteiger partial charge < -0.3 is 14.6 Å². The molecular weight excluding hydrogens is 349 g/mol. The van der Waals surface area contributed by atoms with Crippen LogP contribution in [-0.2, 0) is 16.1 Å². The number of ether oxygens (including phenoxy) is 1. The maximum atomic E-state index is 13.4. The zero-order chi connectivity index (χ0) is 18.8. The Hall–Kier alpha value is -2.25. The van der Waals surface area contributed by atoms with E-state index in [0.717, 1.165) is 25.1 Å². The van der Waals surface area contributed by atoms with E-state index >= 15 is 0 Å². The summed E-state index contributed by atoms with van der Waals surface area (Å²) in [5.74, 6) is -0.204. The van der Waals surface area contributed by atoms with Gasteiger partial charge in [0.1, 0.15) is 5.82 Å². The molecular formula is C20H24FN3O3. The maximum Gasteiger partial charge on any atom is 0.227 e. The van der Waals surface area contributed by atoms with Gasteiger partial charge >= 0.3 is 0 Å². The highest BCUT2D eigenvalue weighted by atomic mass is 19.1. The van der Waals surface area contributed by atoms with E-state index in [9.17, 15) is 14.0 Å². The Morgan fingerprint density at radius 1 is 1.22 bits per heavy atom. The molecule has 2 fully saturated rings. The normalized spacial score (nSPS) is 21.5. The number of fused-ring (bicyclic) bond motifs is 1. The molecule has 0 unspecified atom stereocenters. The van der Waals surface area contributed by atoms with E-state index in [2.05, 4.69) is 9.88 Å². The lowest BCUT2D eigenvalue weighted by Crippen LogP contribution is -2.48. The fraction of sp³-hybridized carbons (Fsp3) is 0.500. The van der Waals surface area contributed by atoms with Gasteiger partial charge in [-0.05, 0) is 37.6 Å². The first-order valence-electron chi connectivity index (χ1n) is 9.50. The molecule has 2 saturated heterocycles. The van der Waals surface area contributed by atoms with Crippen LogP contribution in [0.1, 0.15) is 18.5 Å². The number of halogens is 1. The first-order valence-corrected chi connectivity index (χ1v) is 9.50. The topological polar surface area (TPSA) is 65.6 Å². The Bertz CT molecular complexity index is 892. The molecule has 7 heteroatoms. The van der Waals surface area contributed by atoms with Gasteiger partial charge in [0, 0.05) is 48.8 Å². The van der Waals surface area contributed by atoms with E-state index in [0.29, 0.717) is 50.3 Å². The minimum Gasteiger partial charge on any atom is -0.378 e. The lowest BCUT2D eigenvalue weighted by molar-refractivity contribution is -0.141. The van der Waals surface area contributed by atoms with E-state index in [1.165, 1.54) is 18.2 Å². The number of likely N-dealkylation sites (tertiary alicyclic amines) is 1. The predicted molar refractivity (Wildman–Crippen MR) is 99.9 cm³/mol. The second-order valence-electron chi connectivity index (χ2n) is 7.36. The Morgan fingerprint density at radius 3 is 2.85 bits per heavy atom. The summed E-state index contributed by atoms with van der Waals surface area (Å²) in [6.45, 7) is 4.74. The molecule has 144 valence electrons. The van der Waals surface area contributed by atoms with Gasteiger partial charge in [0.2, 0.25) is 5.91 Å². The van der Waals surface area contributed by atoms with E-state index in [4.69, 9.17) is 4.74 Å². The van der Waals surface area contributed by atoms with Gasteiger partial charge in [-0.25, -0.2) is 4.39 Å². The molecule has 3 heterocycles. The number of H-pyrrole nitrogens is 1. The zero-order valence-electron chi connectivity index (χ0n) is 15.2. The molecule has 1 amide bonds. The molecule has 0 spiro atoms. The van der Waals surface area contributed by atoms with Gasteiger partial charge in [-0.15, -0.1) is 0 Å². The number of morpholine rings is 1. The third kappa shape index (κ3) is 4.04. The molecule has 0 radical (unpaired) electrons. The lowest BCUT2D eigenvalue weighted by Gasteiger charge is -2.36. The molecule has 2 aliphatic rings. The minimum absolute atomic E-state index is 0.00174. The number of carbonyl (C=O) groups is 1. The Morgan fingerprint density at radius 2 is 2.04 bits per heavy atom. The highest BCUT2D eigenvalue weighted by Crippen LogP contribution is 2.21. The van der Waals surface area contributed by atoms with Crippen LogP contribution in [-0.4, -0.2) is 60.1 Å². The smallest absolute Gasteiger partial charge is 0.227 e. The molecule has 0 aliphatic carbocycles. The van der Waals surface area contributed by atoms with Crippen LogP contribution >= 0.6 is 0 Å². The number of nitrogens with one attached hydrogen (secondary N) is 1. The fourth-order valence-corrected chi connectivity index (χ4v) is 4.04. The quantitative estimate of drug-likeness (QED) is 0.890. The number of benzene rings is 1. The van der Waals surface area contributed by atoms with Gasteiger partial charge in [-0.2, -0.15) is 0 Å². The molecule has 0 saturated carbocycles. The third-order valence-electron chi connectivity index (χ3n) is 5.42.